The monoisotopic (exact) mass is 213 g/mol. The van der Waals surface area contributed by atoms with E-state index in [1.807, 2.05) is 12.2 Å². The minimum Gasteiger partial charge on any atom is -0.293 e. The van der Waals surface area contributed by atoms with E-state index in [-0.39, 0.29) is 5.12 Å². The first-order valence-electron chi connectivity index (χ1n) is 4.00. The Balaban J connectivity index is 2.43. The van der Waals surface area contributed by atoms with Gasteiger partial charge in [-0.2, -0.15) is 0 Å². The average molecular weight is 213 g/mol. The van der Waals surface area contributed by atoms with E-state index in [1.54, 1.807) is 0 Å². The van der Waals surface area contributed by atoms with Gasteiger partial charge >= 0.3 is 0 Å². The van der Waals surface area contributed by atoms with Gasteiger partial charge in [0.1, 0.15) is 5.04 Å². The first-order valence-corrected chi connectivity index (χ1v) is 6.15. The summed E-state index contributed by atoms with van der Waals surface area (Å²) in [7, 11) is 2.36. The molecule has 0 heterocycles. The summed E-state index contributed by atoms with van der Waals surface area (Å²) in [6.45, 7) is 1.51. The normalized spacial score (nSPS) is 15.3. The minimum atomic E-state index is 0.0432. The number of nitrogens with one attached hydrogen (secondary N) is 1. The maximum absolute atomic E-state index is 10.6. The van der Waals surface area contributed by atoms with Crippen LogP contribution in [0.4, 0.5) is 0 Å². The van der Waals surface area contributed by atoms with Gasteiger partial charge in [-0.25, -0.2) is 0 Å². The summed E-state index contributed by atoms with van der Waals surface area (Å²) in [5.41, 5.74) is 1.03. The molecule has 0 aromatic heterocycles. The largest absolute Gasteiger partial charge is 0.293 e. The van der Waals surface area contributed by atoms with Crippen LogP contribution in [0.3, 0.4) is 0 Å². The van der Waals surface area contributed by atoms with Crippen LogP contribution in [-0.4, -0.2) is 10.2 Å². The number of carbonyl (C=O) groups excluding carboxylic acids is 1. The second kappa shape index (κ2) is 5.29. The molecule has 0 saturated carbocycles. The van der Waals surface area contributed by atoms with Crippen LogP contribution in [0.1, 0.15) is 19.8 Å². The van der Waals surface area contributed by atoms with Gasteiger partial charge in [0, 0.05) is 6.92 Å². The molecule has 0 atom stereocenters. The fourth-order valence-corrected chi connectivity index (χ4v) is 2.35. The lowest BCUT2D eigenvalue weighted by molar-refractivity contribution is -0.109. The Hall–Kier alpha value is -0.480. The van der Waals surface area contributed by atoms with Crippen molar-refractivity contribution in [2.45, 2.75) is 19.8 Å². The number of allylic oxidation sites excluding steroid dienone is 3. The summed E-state index contributed by atoms with van der Waals surface area (Å²) < 4.78 is 0. The van der Waals surface area contributed by atoms with Crippen molar-refractivity contribution in [3.05, 3.63) is 23.8 Å². The van der Waals surface area contributed by atoms with E-state index in [4.69, 9.17) is 5.41 Å². The second-order valence-corrected chi connectivity index (χ2v) is 4.96. The molecule has 1 N–H and O–H groups in total. The summed E-state index contributed by atoms with van der Waals surface area (Å²) in [6, 6.07) is 0. The van der Waals surface area contributed by atoms with Gasteiger partial charge in [0.15, 0.2) is 5.12 Å². The number of rotatable bonds is 1. The molecule has 1 rings (SSSR count). The summed E-state index contributed by atoms with van der Waals surface area (Å²) in [6.07, 6.45) is 7.91. The zero-order valence-corrected chi connectivity index (χ0v) is 9.00. The molecule has 0 spiro atoms. The van der Waals surface area contributed by atoms with Crippen molar-refractivity contribution in [3.63, 3.8) is 0 Å². The van der Waals surface area contributed by atoms with Crippen molar-refractivity contribution in [1.82, 2.24) is 0 Å². The van der Waals surface area contributed by atoms with E-state index in [0.29, 0.717) is 5.04 Å². The molecule has 4 heteroatoms. The maximum Gasteiger partial charge on any atom is 0.196 e. The van der Waals surface area contributed by atoms with Gasteiger partial charge in [0.25, 0.3) is 0 Å². The summed E-state index contributed by atoms with van der Waals surface area (Å²) in [5, 5.41) is 8.21. The molecule has 0 aromatic carbocycles. The van der Waals surface area contributed by atoms with Crippen LogP contribution < -0.4 is 0 Å². The van der Waals surface area contributed by atoms with Gasteiger partial charge in [-0.05, 0) is 40.0 Å². The van der Waals surface area contributed by atoms with Crippen LogP contribution in [0.25, 0.3) is 0 Å². The highest BCUT2D eigenvalue weighted by Crippen LogP contribution is 2.28. The topological polar surface area (TPSA) is 40.9 Å². The molecule has 0 radical (unpaired) electrons. The molecule has 1 aliphatic rings. The Morgan fingerprint density at radius 1 is 1.54 bits per heavy atom. The highest BCUT2D eigenvalue weighted by molar-refractivity contribution is 8.87. The number of hydrogen-bond acceptors (Lipinski definition) is 4. The van der Waals surface area contributed by atoms with E-state index in [9.17, 15) is 4.79 Å². The molecule has 70 valence electrons. The molecule has 13 heavy (non-hydrogen) atoms. The van der Waals surface area contributed by atoms with E-state index in [1.165, 1.54) is 17.7 Å². The highest BCUT2D eigenvalue weighted by Gasteiger charge is 2.08. The van der Waals surface area contributed by atoms with Gasteiger partial charge in [-0.15, -0.1) is 0 Å². The molecular formula is C9H11NOS2. The fourth-order valence-electron chi connectivity index (χ4n) is 0.946. The van der Waals surface area contributed by atoms with Gasteiger partial charge in [0.05, 0.1) is 0 Å². The van der Waals surface area contributed by atoms with Crippen molar-refractivity contribution in [1.29, 1.82) is 5.41 Å². The molecule has 0 unspecified atom stereocenters. The third-order valence-corrected chi connectivity index (χ3v) is 3.75. The number of hydrogen-bond donors (Lipinski definition) is 1. The van der Waals surface area contributed by atoms with Crippen molar-refractivity contribution in [2.24, 2.45) is 0 Å². The highest BCUT2D eigenvalue weighted by atomic mass is 33.1. The van der Waals surface area contributed by atoms with Gasteiger partial charge in [-0.1, -0.05) is 18.2 Å². The molecule has 0 fully saturated rings. The van der Waals surface area contributed by atoms with Crippen LogP contribution in [-0.2, 0) is 4.79 Å². The molecule has 0 aliphatic heterocycles. The van der Waals surface area contributed by atoms with E-state index in [2.05, 4.69) is 6.08 Å². The van der Waals surface area contributed by atoms with E-state index in [0.717, 1.165) is 29.2 Å². The second-order valence-electron chi connectivity index (χ2n) is 2.65. The lowest BCUT2D eigenvalue weighted by Gasteiger charge is -2.07. The molecule has 0 bridgehead atoms. The zero-order chi connectivity index (χ0) is 9.68. The average Bonchev–Trinajstić information content (AvgIpc) is 2.15. The van der Waals surface area contributed by atoms with E-state index >= 15 is 0 Å². The van der Waals surface area contributed by atoms with Gasteiger partial charge in [0.2, 0.25) is 0 Å². The minimum absolute atomic E-state index is 0.0432. The third kappa shape index (κ3) is 3.83. The Morgan fingerprint density at radius 3 is 2.85 bits per heavy atom. The Morgan fingerprint density at radius 2 is 2.31 bits per heavy atom. The molecule has 0 aromatic rings. The molecular weight excluding hydrogens is 202 g/mol. The predicted molar refractivity (Wildman–Crippen MR) is 60.0 cm³/mol. The molecule has 1 aliphatic carbocycles. The number of carbonyl (C=O) groups is 1. The predicted octanol–water partition coefficient (Wildman–Crippen LogP) is 3.17. The summed E-state index contributed by atoms with van der Waals surface area (Å²) in [5.74, 6) is 0. The lowest BCUT2D eigenvalue weighted by atomic mass is 10.1. The molecule has 2 nitrogen and oxygen atoms in total. The van der Waals surface area contributed by atoms with Crippen molar-refractivity contribution < 1.29 is 4.79 Å². The van der Waals surface area contributed by atoms with Crippen LogP contribution in [0.15, 0.2) is 23.8 Å². The van der Waals surface area contributed by atoms with Crippen molar-refractivity contribution >= 4 is 31.7 Å². The van der Waals surface area contributed by atoms with Crippen LogP contribution >= 0.6 is 21.6 Å². The SMILES string of the molecule is CC(=O)SSC(=N)C1=CC=CCC1. The maximum atomic E-state index is 10.6. The van der Waals surface area contributed by atoms with Crippen LogP contribution in [0, 0.1) is 5.41 Å². The quantitative estimate of drug-likeness (QED) is 0.413. The first-order chi connectivity index (χ1) is 6.20. The van der Waals surface area contributed by atoms with Crippen molar-refractivity contribution in [3.8, 4) is 0 Å². The van der Waals surface area contributed by atoms with Crippen LogP contribution in [0.2, 0.25) is 0 Å². The van der Waals surface area contributed by atoms with Crippen molar-refractivity contribution in [2.75, 3.05) is 0 Å². The first kappa shape index (κ1) is 10.6. The van der Waals surface area contributed by atoms with Gasteiger partial charge in [-0.3, -0.25) is 10.2 Å². The van der Waals surface area contributed by atoms with E-state index < -0.39 is 0 Å². The smallest absolute Gasteiger partial charge is 0.196 e. The summed E-state index contributed by atoms with van der Waals surface area (Å²) in [4.78, 5) is 10.6. The van der Waals surface area contributed by atoms with Crippen LogP contribution in [0.5, 0.6) is 0 Å². The van der Waals surface area contributed by atoms with Gasteiger partial charge < -0.3 is 0 Å². The third-order valence-electron chi connectivity index (χ3n) is 1.55. The Labute approximate surface area is 85.8 Å². The standard InChI is InChI=1S/C9H11NOS2/c1-7(11)12-13-9(10)8-5-3-2-4-6-8/h2-3,5,10H,4,6H2,1H3. The lowest BCUT2D eigenvalue weighted by Crippen LogP contribution is -1.97. The Bertz CT molecular complexity index is 281. The molecule has 0 saturated heterocycles. The Kier molecular flexibility index (Phi) is 4.32. The zero-order valence-electron chi connectivity index (χ0n) is 7.37. The molecule has 0 amide bonds. The fraction of sp³-hybridized carbons (Fsp3) is 0.333. The summed E-state index contributed by atoms with van der Waals surface area (Å²) >= 11 is 0.